The van der Waals surface area contributed by atoms with Gasteiger partial charge in [0, 0.05) is 17.7 Å². The topological polar surface area (TPSA) is 135 Å². The Morgan fingerprint density at radius 3 is 2.85 bits per heavy atom. The number of rotatable bonds is 7. The summed E-state index contributed by atoms with van der Waals surface area (Å²) in [6.07, 6.45) is 1.19. The number of para-hydroxylation sites is 1. The fraction of sp³-hybridized carbons (Fsp3) is 0.364. The summed E-state index contributed by atoms with van der Waals surface area (Å²) >= 11 is 1.11. The number of thiophene rings is 1. The molecule has 1 aliphatic heterocycles. The summed E-state index contributed by atoms with van der Waals surface area (Å²) in [7, 11) is -3.22. The molecule has 174 valence electrons. The first kappa shape index (κ1) is 23.1. The third-order valence-electron chi connectivity index (χ3n) is 5.32. The summed E-state index contributed by atoms with van der Waals surface area (Å²) in [5.41, 5.74) is 1.26. The van der Waals surface area contributed by atoms with Crippen molar-refractivity contribution in [2.24, 2.45) is 0 Å². The molecule has 9 nitrogen and oxygen atoms in total. The van der Waals surface area contributed by atoms with Crippen molar-refractivity contribution in [2.75, 3.05) is 17.7 Å². The Balaban J connectivity index is 1.46. The van der Waals surface area contributed by atoms with Gasteiger partial charge in [-0.15, -0.1) is 11.3 Å². The Labute approximate surface area is 194 Å². The molecule has 1 aliphatic rings. The highest BCUT2D eigenvalue weighted by molar-refractivity contribution is 7.90. The van der Waals surface area contributed by atoms with Crippen molar-refractivity contribution in [2.45, 2.75) is 38.4 Å². The van der Waals surface area contributed by atoms with E-state index in [4.69, 9.17) is 4.74 Å². The number of nitrogens with one attached hydrogen (secondary N) is 2. The minimum Gasteiger partial charge on any atom is -0.462 e. The summed E-state index contributed by atoms with van der Waals surface area (Å²) in [4.78, 5) is 45.0. The maximum Gasteiger partial charge on any atom is 0.341 e. The first-order chi connectivity index (χ1) is 15.8. The van der Waals surface area contributed by atoms with Crippen molar-refractivity contribution in [1.29, 1.82) is 0 Å². The van der Waals surface area contributed by atoms with E-state index < -0.39 is 15.8 Å². The molecule has 2 aromatic heterocycles. The largest absolute Gasteiger partial charge is 0.462 e. The van der Waals surface area contributed by atoms with Gasteiger partial charge >= 0.3 is 5.97 Å². The maximum absolute atomic E-state index is 12.6. The molecule has 0 saturated heterocycles. The van der Waals surface area contributed by atoms with Gasteiger partial charge in [-0.1, -0.05) is 12.1 Å². The molecule has 1 amide bonds. The van der Waals surface area contributed by atoms with Crippen LogP contribution >= 0.6 is 11.3 Å². The van der Waals surface area contributed by atoms with Crippen LogP contribution in [0.15, 0.2) is 29.1 Å². The minimum atomic E-state index is -3.22. The van der Waals surface area contributed by atoms with Gasteiger partial charge in [-0.25, -0.2) is 18.2 Å². The van der Waals surface area contributed by atoms with E-state index in [2.05, 4.69) is 15.3 Å². The molecule has 0 saturated carbocycles. The van der Waals surface area contributed by atoms with Gasteiger partial charge in [0.15, 0.2) is 9.84 Å². The molecule has 2 N–H and O–H groups in total. The number of nitrogens with zero attached hydrogens (tertiary/aromatic N) is 1. The number of anilines is 1. The van der Waals surface area contributed by atoms with Gasteiger partial charge in [-0.3, -0.25) is 9.59 Å². The van der Waals surface area contributed by atoms with E-state index in [-0.39, 0.29) is 48.0 Å². The Morgan fingerprint density at radius 2 is 2.06 bits per heavy atom. The van der Waals surface area contributed by atoms with Crippen LogP contribution in [0, 0.1) is 0 Å². The van der Waals surface area contributed by atoms with Gasteiger partial charge in [-0.05, 0) is 37.5 Å². The number of hydrogen-bond acceptors (Lipinski definition) is 8. The van der Waals surface area contributed by atoms with Gasteiger partial charge in [0.2, 0.25) is 5.91 Å². The number of H-pyrrole nitrogens is 1. The number of carbonyl (C=O) groups is 2. The molecular formula is C22H23N3O6S2. The minimum absolute atomic E-state index is 0.0342. The first-order valence-electron chi connectivity index (χ1n) is 10.6. The third-order valence-corrected chi connectivity index (χ3v) is 8.20. The van der Waals surface area contributed by atoms with E-state index >= 15 is 0 Å². The van der Waals surface area contributed by atoms with Crippen molar-refractivity contribution < 1.29 is 22.7 Å². The first-order valence-corrected chi connectivity index (χ1v) is 13.2. The van der Waals surface area contributed by atoms with Crippen LogP contribution in [0.2, 0.25) is 0 Å². The summed E-state index contributed by atoms with van der Waals surface area (Å²) in [5.74, 6) is -0.563. The number of fused-ring (bicyclic) bond motifs is 2. The number of amides is 1. The van der Waals surface area contributed by atoms with E-state index in [9.17, 15) is 22.8 Å². The zero-order valence-electron chi connectivity index (χ0n) is 18.0. The van der Waals surface area contributed by atoms with Crippen LogP contribution in [0.3, 0.4) is 0 Å². The van der Waals surface area contributed by atoms with Crippen LogP contribution in [0.1, 0.15) is 46.4 Å². The summed E-state index contributed by atoms with van der Waals surface area (Å²) in [6.45, 7) is 1.86. The fourth-order valence-corrected chi connectivity index (χ4v) is 6.84. The summed E-state index contributed by atoms with van der Waals surface area (Å²) in [6, 6.07) is 7.03. The van der Waals surface area contributed by atoms with Crippen molar-refractivity contribution >= 4 is 49.0 Å². The van der Waals surface area contributed by atoms with Crippen LogP contribution in [-0.2, 0) is 38.0 Å². The van der Waals surface area contributed by atoms with Gasteiger partial charge in [0.05, 0.1) is 34.6 Å². The molecule has 0 atom stereocenters. The molecular weight excluding hydrogens is 466 g/mol. The SMILES string of the molecule is CCOC(=O)c1c(NC(=O)CCCc2nc3ccccc3c(=O)[nH]2)sc2c1CCS(=O)(=O)C2. The second-order valence-electron chi connectivity index (χ2n) is 7.70. The summed E-state index contributed by atoms with van der Waals surface area (Å²) < 4.78 is 29.1. The zero-order chi connectivity index (χ0) is 23.6. The number of sulfone groups is 1. The Kier molecular flexibility index (Phi) is 6.61. The standard InChI is InChI=1S/C22H23N3O6S2/c1-2-31-22(28)19-14-10-11-33(29,30)12-16(14)32-21(19)25-18(26)9-5-8-17-23-15-7-4-3-6-13(15)20(27)24-17/h3-4,6-7H,2,5,8-12H2,1H3,(H,25,26)(H,23,24,27). The second kappa shape index (κ2) is 9.44. The van der Waals surface area contributed by atoms with Crippen molar-refractivity contribution in [3.63, 3.8) is 0 Å². The lowest BCUT2D eigenvalue weighted by Gasteiger charge is -2.13. The van der Waals surface area contributed by atoms with Gasteiger partial charge in [0.1, 0.15) is 10.8 Å². The molecule has 33 heavy (non-hydrogen) atoms. The molecule has 1 aromatic carbocycles. The molecule has 3 heterocycles. The quantitative estimate of drug-likeness (QED) is 0.487. The second-order valence-corrected chi connectivity index (χ2v) is 11.0. The van der Waals surface area contributed by atoms with E-state index in [1.165, 1.54) is 0 Å². The molecule has 0 aliphatic carbocycles. The third kappa shape index (κ3) is 5.14. The highest BCUT2D eigenvalue weighted by Crippen LogP contribution is 2.38. The number of benzene rings is 1. The highest BCUT2D eigenvalue weighted by Gasteiger charge is 2.32. The molecule has 0 spiro atoms. The van der Waals surface area contributed by atoms with Crippen LogP contribution in [0.25, 0.3) is 10.9 Å². The van der Waals surface area contributed by atoms with Gasteiger partial charge in [0.25, 0.3) is 5.56 Å². The monoisotopic (exact) mass is 489 g/mol. The van der Waals surface area contributed by atoms with E-state index in [1.807, 2.05) is 0 Å². The van der Waals surface area contributed by atoms with E-state index in [1.54, 1.807) is 31.2 Å². The Bertz CT molecular complexity index is 1390. The Morgan fingerprint density at radius 1 is 1.27 bits per heavy atom. The van der Waals surface area contributed by atoms with Crippen molar-refractivity contribution in [3.05, 3.63) is 56.4 Å². The normalized spacial score (nSPS) is 14.6. The van der Waals surface area contributed by atoms with Crippen molar-refractivity contribution in [3.8, 4) is 0 Å². The molecule has 0 unspecified atom stereocenters. The number of aromatic amines is 1. The zero-order valence-corrected chi connectivity index (χ0v) is 19.6. The lowest BCUT2D eigenvalue weighted by Crippen LogP contribution is -2.20. The molecule has 0 fully saturated rings. The lowest BCUT2D eigenvalue weighted by atomic mass is 10.1. The average Bonchev–Trinajstić information content (AvgIpc) is 3.09. The van der Waals surface area contributed by atoms with Gasteiger partial charge < -0.3 is 15.0 Å². The van der Waals surface area contributed by atoms with Crippen LogP contribution < -0.4 is 10.9 Å². The van der Waals surface area contributed by atoms with Crippen molar-refractivity contribution in [1.82, 2.24) is 9.97 Å². The Hall–Kier alpha value is -3.05. The van der Waals surface area contributed by atoms with Crippen LogP contribution in [0.5, 0.6) is 0 Å². The predicted octanol–water partition coefficient (Wildman–Crippen LogP) is 2.59. The number of carbonyl (C=O) groups excluding carboxylic acids is 2. The average molecular weight is 490 g/mol. The van der Waals surface area contributed by atoms with E-state index in [0.29, 0.717) is 45.0 Å². The number of ether oxygens (including phenoxy) is 1. The molecule has 0 radical (unpaired) electrons. The fourth-order valence-electron chi connectivity index (χ4n) is 3.79. The number of esters is 1. The molecule has 3 aromatic rings. The molecule has 4 rings (SSSR count). The van der Waals surface area contributed by atoms with Crippen LogP contribution in [-0.4, -0.2) is 42.6 Å². The number of hydrogen-bond donors (Lipinski definition) is 2. The van der Waals surface area contributed by atoms with Gasteiger partial charge in [-0.2, -0.15) is 0 Å². The highest BCUT2D eigenvalue weighted by atomic mass is 32.2. The molecule has 0 bridgehead atoms. The number of aromatic nitrogens is 2. The van der Waals surface area contributed by atoms with E-state index in [0.717, 1.165) is 11.3 Å². The molecule has 11 heteroatoms. The predicted molar refractivity (Wildman–Crippen MR) is 125 cm³/mol. The number of aryl methyl sites for hydroxylation is 1. The lowest BCUT2D eigenvalue weighted by molar-refractivity contribution is -0.116. The smallest absolute Gasteiger partial charge is 0.341 e. The summed E-state index contributed by atoms with van der Waals surface area (Å²) in [5, 5.41) is 3.58. The maximum atomic E-state index is 12.6. The van der Waals surface area contributed by atoms with Crippen LogP contribution in [0.4, 0.5) is 5.00 Å².